The summed E-state index contributed by atoms with van der Waals surface area (Å²) in [5, 5.41) is 33.9. The van der Waals surface area contributed by atoms with Crippen molar-refractivity contribution in [3.8, 4) is 6.07 Å². The van der Waals surface area contributed by atoms with E-state index in [1.54, 1.807) is 6.07 Å². The number of benzene rings is 2. The van der Waals surface area contributed by atoms with E-state index in [0.717, 1.165) is 31.0 Å². The van der Waals surface area contributed by atoms with Crippen LogP contribution in [0.2, 0.25) is 0 Å². The molecule has 176 valence electrons. The number of nitrogens with zero attached hydrogens (tertiary/aromatic N) is 4. The van der Waals surface area contributed by atoms with Crippen LogP contribution in [0.15, 0.2) is 36.4 Å². The van der Waals surface area contributed by atoms with E-state index in [4.69, 9.17) is 10.00 Å². The molecule has 2 aromatic rings. The van der Waals surface area contributed by atoms with Crippen molar-refractivity contribution in [3.05, 3.63) is 67.8 Å². The molecule has 0 spiro atoms. The number of piperidine rings is 1. The SMILES string of the molecule is CC1CCCN(c2ccc(C(=O)OCC(=O)Nc3ccc([N+](=O)[O-])cc3C#N)cc2[N+](=O)[O-])C1. The predicted octanol–water partition coefficient (Wildman–Crippen LogP) is 3.41. The number of nitro groups is 2. The van der Waals surface area contributed by atoms with Crippen LogP contribution < -0.4 is 10.2 Å². The maximum Gasteiger partial charge on any atom is 0.338 e. The number of nitrogens with one attached hydrogen (secondary N) is 1. The zero-order valence-electron chi connectivity index (χ0n) is 18.2. The van der Waals surface area contributed by atoms with Crippen molar-refractivity contribution in [2.45, 2.75) is 19.8 Å². The fourth-order valence-electron chi connectivity index (χ4n) is 3.72. The topological polar surface area (TPSA) is 169 Å². The van der Waals surface area contributed by atoms with Crippen molar-refractivity contribution in [1.29, 1.82) is 5.26 Å². The first kappa shape index (κ1) is 24.1. The van der Waals surface area contributed by atoms with Crippen LogP contribution >= 0.6 is 0 Å². The van der Waals surface area contributed by atoms with Gasteiger partial charge >= 0.3 is 5.97 Å². The van der Waals surface area contributed by atoms with Crippen LogP contribution in [-0.2, 0) is 9.53 Å². The zero-order valence-corrected chi connectivity index (χ0v) is 18.2. The molecular weight excluding hydrogens is 446 g/mol. The summed E-state index contributed by atoms with van der Waals surface area (Å²) in [6, 6.07) is 9.10. The molecule has 12 heteroatoms. The lowest BCUT2D eigenvalue weighted by molar-refractivity contribution is -0.384. The van der Waals surface area contributed by atoms with E-state index in [1.807, 2.05) is 4.90 Å². The van der Waals surface area contributed by atoms with Gasteiger partial charge in [0.15, 0.2) is 6.61 Å². The number of nitriles is 1. The molecular formula is C22H21N5O7. The van der Waals surface area contributed by atoms with Crippen LogP contribution in [0.1, 0.15) is 35.7 Å². The summed E-state index contributed by atoms with van der Waals surface area (Å²) in [6.45, 7) is 2.71. The molecule has 0 bridgehead atoms. The molecule has 0 radical (unpaired) electrons. The number of hydrogen-bond donors (Lipinski definition) is 1. The first-order valence-corrected chi connectivity index (χ1v) is 10.4. The Morgan fingerprint density at radius 2 is 1.97 bits per heavy atom. The number of non-ortho nitro benzene ring substituents is 1. The molecule has 1 saturated heterocycles. The Hall–Kier alpha value is -4.53. The van der Waals surface area contributed by atoms with Gasteiger partial charge in [-0.3, -0.25) is 25.0 Å². The number of ether oxygens (including phenoxy) is 1. The van der Waals surface area contributed by atoms with E-state index in [2.05, 4.69) is 12.2 Å². The van der Waals surface area contributed by atoms with Gasteiger partial charge in [-0.2, -0.15) is 5.26 Å². The standard InChI is InChI=1S/C22H21N5O7/c1-14-3-2-8-25(12-14)19-7-4-15(10-20(19)27(32)33)22(29)34-13-21(28)24-18-6-5-17(26(30)31)9-16(18)11-23/h4-7,9-10,14H,2-3,8,12-13H2,1H3,(H,24,28). The van der Waals surface area contributed by atoms with Crippen LogP contribution in [0, 0.1) is 37.5 Å². The molecule has 1 aliphatic rings. The molecule has 12 nitrogen and oxygen atoms in total. The molecule has 1 atom stereocenters. The highest BCUT2D eigenvalue weighted by atomic mass is 16.6. The summed E-state index contributed by atoms with van der Waals surface area (Å²) in [6.07, 6.45) is 1.96. The minimum absolute atomic E-state index is 0.0184. The quantitative estimate of drug-likeness (QED) is 0.364. The van der Waals surface area contributed by atoms with Crippen LogP contribution in [0.5, 0.6) is 0 Å². The summed E-state index contributed by atoms with van der Waals surface area (Å²) in [7, 11) is 0. The monoisotopic (exact) mass is 467 g/mol. The van der Waals surface area contributed by atoms with E-state index in [9.17, 15) is 29.8 Å². The predicted molar refractivity (Wildman–Crippen MR) is 120 cm³/mol. The molecule has 0 aliphatic carbocycles. The second-order valence-corrected chi connectivity index (χ2v) is 7.88. The van der Waals surface area contributed by atoms with Crippen molar-refractivity contribution in [2.75, 3.05) is 29.9 Å². The first-order chi connectivity index (χ1) is 16.2. The van der Waals surface area contributed by atoms with Gasteiger partial charge in [-0.25, -0.2) is 4.79 Å². The van der Waals surface area contributed by atoms with Gasteiger partial charge in [0, 0.05) is 31.3 Å². The lowest BCUT2D eigenvalue weighted by Gasteiger charge is -2.32. The highest BCUT2D eigenvalue weighted by Gasteiger charge is 2.25. The Kier molecular flexibility index (Phi) is 7.37. The molecule has 1 N–H and O–H groups in total. The lowest BCUT2D eigenvalue weighted by Crippen LogP contribution is -2.34. The Morgan fingerprint density at radius 3 is 2.62 bits per heavy atom. The second kappa shape index (κ2) is 10.4. The Bertz CT molecular complexity index is 1190. The fraction of sp³-hybridized carbons (Fsp3) is 0.318. The Balaban J connectivity index is 1.67. The largest absolute Gasteiger partial charge is 0.452 e. The van der Waals surface area contributed by atoms with Crippen LogP contribution in [0.3, 0.4) is 0 Å². The van der Waals surface area contributed by atoms with Gasteiger partial charge < -0.3 is 15.0 Å². The van der Waals surface area contributed by atoms with Crippen LogP contribution in [0.4, 0.5) is 22.7 Å². The van der Waals surface area contributed by atoms with Gasteiger partial charge in [-0.15, -0.1) is 0 Å². The highest BCUT2D eigenvalue weighted by molar-refractivity contribution is 5.97. The van der Waals surface area contributed by atoms with Gasteiger partial charge in [0.2, 0.25) is 0 Å². The average molecular weight is 467 g/mol. The van der Waals surface area contributed by atoms with Crippen LogP contribution in [0.25, 0.3) is 0 Å². The number of amides is 1. The number of anilines is 2. The molecule has 0 aromatic heterocycles. The normalized spacial score (nSPS) is 15.2. The van der Waals surface area contributed by atoms with Crippen molar-refractivity contribution in [2.24, 2.45) is 5.92 Å². The number of hydrogen-bond acceptors (Lipinski definition) is 9. The summed E-state index contributed by atoms with van der Waals surface area (Å²) < 4.78 is 4.96. The molecule has 1 amide bonds. The maximum atomic E-state index is 12.4. The third kappa shape index (κ3) is 5.63. The van der Waals surface area contributed by atoms with Gasteiger partial charge in [-0.1, -0.05) is 6.92 Å². The molecule has 1 unspecified atom stereocenters. The smallest absolute Gasteiger partial charge is 0.338 e. The van der Waals surface area contributed by atoms with Gasteiger partial charge in [-0.05, 0) is 37.0 Å². The van der Waals surface area contributed by atoms with Crippen molar-refractivity contribution < 1.29 is 24.2 Å². The minimum Gasteiger partial charge on any atom is -0.452 e. The molecule has 0 saturated carbocycles. The number of rotatable bonds is 7. The number of nitro benzene ring substituents is 2. The molecule has 1 heterocycles. The number of carbonyl (C=O) groups is 2. The number of carbonyl (C=O) groups excluding carboxylic acids is 2. The van der Waals surface area contributed by atoms with Gasteiger partial charge in [0.1, 0.15) is 11.8 Å². The molecule has 2 aromatic carbocycles. The van der Waals surface area contributed by atoms with Gasteiger partial charge in [0.25, 0.3) is 17.3 Å². The lowest BCUT2D eigenvalue weighted by atomic mass is 9.99. The van der Waals surface area contributed by atoms with Gasteiger partial charge in [0.05, 0.1) is 26.7 Å². The van der Waals surface area contributed by atoms with E-state index in [0.29, 0.717) is 24.7 Å². The zero-order chi connectivity index (χ0) is 24.8. The minimum atomic E-state index is -0.930. The highest BCUT2D eigenvalue weighted by Crippen LogP contribution is 2.32. The maximum absolute atomic E-state index is 12.4. The Labute approximate surface area is 194 Å². The summed E-state index contributed by atoms with van der Waals surface area (Å²) in [5.74, 6) is -1.32. The van der Waals surface area contributed by atoms with Crippen LogP contribution in [-0.4, -0.2) is 41.4 Å². The number of esters is 1. The Morgan fingerprint density at radius 1 is 1.21 bits per heavy atom. The van der Waals surface area contributed by atoms with Crippen molar-refractivity contribution >= 4 is 34.6 Å². The summed E-state index contributed by atoms with van der Waals surface area (Å²) >= 11 is 0. The van der Waals surface area contributed by atoms with E-state index in [-0.39, 0.29) is 28.2 Å². The average Bonchev–Trinajstić information content (AvgIpc) is 2.82. The van der Waals surface area contributed by atoms with E-state index < -0.39 is 28.3 Å². The van der Waals surface area contributed by atoms with Crippen molar-refractivity contribution in [3.63, 3.8) is 0 Å². The molecule has 1 fully saturated rings. The molecule has 1 aliphatic heterocycles. The summed E-state index contributed by atoms with van der Waals surface area (Å²) in [5.41, 5.74) is -0.311. The fourth-order valence-corrected chi connectivity index (χ4v) is 3.72. The summed E-state index contributed by atoms with van der Waals surface area (Å²) in [4.78, 5) is 47.7. The second-order valence-electron chi connectivity index (χ2n) is 7.88. The first-order valence-electron chi connectivity index (χ1n) is 10.4. The van der Waals surface area contributed by atoms with Crippen molar-refractivity contribution in [1.82, 2.24) is 0 Å². The molecule has 34 heavy (non-hydrogen) atoms. The van der Waals surface area contributed by atoms with E-state index in [1.165, 1.54) is 18.2 Å². The third-order valence-electron chi connectivity index (χ3n) is 5.35. The third-order valence-corrected chi connectivity index (χ3v) is 5.35. The van der Waals surface area contributed by atoms with E-state index >= 15 is 0 Å². The molecule has 3 rings (SSSR count).